The Bertz CT molecular complexity index is 475. The molecule has 0 spiro atoms. The average Bonchev–Trinajstić information content (AvgIpc) is 2.37. The maximum absolute atomic E-state index is 11.7. The van der Waals surface area contributed by atoms with Gasteiger partial charge in [0.2, 0.25) is 11.8 Å². The van der Waals surface area contributed by atoms with E-state index in [1.54, 1.807) is 11.8 Å². The molecule has 1 aromatic carbocycles. The van der Waals surface area contributed by atoms with Crippen LogP contribution in [-0.4, -0.2) is 24.9 Å². The van der Waals surface area contributed by atoms with Crippen LogP contribution in [0.4, 0.5) is 5.69 Å². The first-order chi connectivity index (χ1) is 8.95. The van der Waals surface area contributed by atoms with Crippen molar-refractivity contribution in [2.24, 2.45) is 0 Å². The number of anilines is 1. The third-order valence-electron chi connectivity index (χ3n) is 2.83. The molecule has 0 unspecified atom stereocenters. The molecule has 4 nitrogen and oxygen atoms in total. The molecular formula is C14H19BrN2O2. The van der Waals surface area contributed by atoms with Crippen LogP contribution >= 0.6 is 15.9 Å². The number of benzene rings is 1. The van der Waals surface area contributed by atoms with Gasteiger partial charge in [-0.25, -0.2) is 0 Å². The Morgan fingerprint density at radius 1 is 1.37 bits per heavy atom. The van der Waals surface area contributed by atoms with Crippen LogP contribution in [0.1, 0.15) is 25.8 Å². The molecule has 0 aromatic heterocycles. The number of amides is 2. The van der Waals surface area contributed by atoms with E-state index in [4.69, 9.17) is 0 Å². The minimum Gasteiger partial charge on any atom is -0.354 e. The number of hydrogen-bond acceptors (Lipinski definition) is 2. The van der Waals surface area contributed by atoms with E-state index in [0.717, 1.165) is 15.7 Å². The molecule has 2 amide bonds. The molecule has 0 atom stereocenters. The van der Waals surface area contributed by atoms with Gasteiger partial charge in [-0.2, -0.15) is 0 Å². The molecule has 0 saturated carbocycles. The maximum atomic E-state index is 11.7. The van der Waals surface area contributed by atoms with Crippen molar-refractivity contribution in [1.29, 1.82) is 0 Å². The number of nitrogens with one attached hydrogen (secondary N) is 1. The van der Waals surface area contributed by atoms with E-state index >= 15 is 0 Å². The molecule has 1 rings (SSSR count). The number of hydrogen-bond donors (Lipinski definition) is 1. The smallest absolute Gasteiger partial charge is 0.223 e. The lowest BCUT2D eigenvalue weighted by Crippen LogP contribution is -2.37. The SMILES string of the molecule is CCC(=O)NCCN(C(C)=O)c1ccc(C)c(Br)c1. The highest BCUT2D eigenvalue weighted by Crippen LogP contribution is 2.23. The predicted octanol–water partition coefficient (Wildman–Crippen LogP) is 2.64. The summed E-state index contributed by atoms with van der Waals surface area (Å²) in [5.41, 5.74) is 1.95. The summed E-state index contributed by atoms with van der Waals surface area (Å²) in [6.45, 7) is 6.24. The van der Waals surface area contributed by atoms with Crippen molar-refractivity contribution in [3.63, 3.8) is 0 Å². The van der Waals surface area contributed by atoms with Crippen molar-refractivity contribution in [3.8, 4) is 0 Å². The minimum absolute atomic E-state index is 0.00594. The second-order valence-corrected chi connectivity index (χ2v) is 5.16. The van der Waals surface area contributed by atoms with Crippen LogP contribution in [0, 0.1) is 6.92 Å². The van der Waals surface area contributed by atoms with Crippen LogP contribution in [0.15, 0.2) is 22.7 Å². The molecule has 0 bridgehead atoms. The Hall–Kier alpha value is -1.36. The van der Waals surface area contributed by atoms with Gasteiger partial charge in [0.15, 0.2) is 0 Å². The molecule has 0 radical (unpaired) electrons. The molecule has 0 heterocycles. The molecule has 19 heavy (non-hydrogen) atoms. The van der Waals surface area contributed by atoms with E-state index in [9.17, 15) is 9.59 Å². The Morgan fingerprint density at radius 3 is 2.58 bits per heavy atom. The zero-order valence-electron chi connectivity index (χ0n) is 11.5. The summed E-state index contributed by atoms with van der Waals surface area (Å²) in [5, 5.41) is 2.77. The summed E-state index contributed by atoms with van der Waals surface area (Å²) >= 11 is 3.46. The number of carbonyl (C=O) groups excluding carboxylic acids is 2. The Balaban J connectivity index is 2.74. The van der Waals surface area contributed by atoms with Gasteiger partial charge in [0.25, 0.3) is 0 Å². The molecule has 104 valence electrons. The third kappa shape index (κ3) is 4.67. The highest BCUT2D eigenvalue weighted by molar-refractivity contribution is 9.10. The Morgan fingerprint density at radius 2 is 2.05 bits per heavy atom. The van der Waals surface area contributed by atoms with Crippen LogP contribution in [0.3, 0.4) is 0 Å². The first kappa shape index (κ1) is 15.7. The second kappa shape index (κ2) is 7.28. The molecule has 0 saturated heterocycles. The summed E-state index contributed by atoms with van der Waals surface area (Å²) in [7, 11) is 0. The second-order valence-electron chi connectivity index (χ2n) is 4.31. The molecule has 0 aliphatic heterocycles. The Kier molecular flexibility index (Phi) is 6.02. The lowest BCUT2D eigenvalue weighted by molar-refractivity contribution is -0.121. The van der Waals surface area contributed by atoms with Gasteiger partial charge >= 0.3 is 0 Å². The van der Waals surface area contributed by atoms with E-state index in [2.05, 4.69) is 21.2 Å². The number of aryl methyl sites for hydroxylation is 1. The topological polar surface area (TPSA) is 49.4 Å². The number of nitrogens with zero attached hydrogens (tertiary/aromatic N) is 1. The fourth-order valence-electron chi connectivity index (χ4n) is 1.65. The van der Waals surface area contributed by atoms with Crippen molar-refractivity contribution in [2.75, 3.05) is 18.0 Å². The van der Waals surface area contributed by atoms with Gasteiger partial charge in [-0.15, -0.1) is 0 Å². The summed E-state index contributed by atoms with van der Waals surface area (Å²) in [6, 6.07) is 5.78. The first-order valence-electron chi connectivity index (χ1n) is 6.26. The summed E-state index contributed by atoms with van der Waals surface area (Å²) < 4.78 is 0.967. The number of carbonyl (C=O) groups is 2. The quantitative estimate of drug-likeness (QED) is 0.904. The molecule has 0 aliphatic carbocycles. The van der Waals surface area contributed by atoms with E-state index in [1.807, 2.05) is 25.1 Å². The summed E-state index contributed by atoms with van der Waals surface area (Å²) in [6.07, 6.45) is 0.455. The van der Waals surface area contributed by atoms with Crippen LogP contribution in [0.2, 0.25) is 0 Å². The summed E-state index contributed by atoms with van der Waals surface area (Å²) in [5.74, 6) is -0.0462. The molecule has 1 N–H and O–H groups in total. The fraction of sp³-hybridized carbons (Fsp3) is 0.429. The Labute approximate surface area is 122 Å². The van der Waals surface area contributed by atoms with Gasteiger partial charge in [0.05, 0.1) is 0 Å². The predicted molar refractivity (Wildman–Crippen MR) is 80.2 cm³/mol. The number of rotatable bonds is 5. The van der Waals surface area contributed by atoms with Crippen LogP contribution < -0.4 is 10.2 Å². The standard InChI is InChI=1S/C14H19BrN2O2/c1-4-14(19)16-7-8-17(11(3)18)12-6-5-10(2)13(15)9-12/h5-6,9H,4,7-8H2,1-3H3,(H,16,19). The van der Waals surface area contributed by atoms with Crippen molar-refractivity contribution < 1.29 is 9.59 Å². The highest BCUT2D eigenvalue weighted by atomic mass is 79.9. The fourth-order valence-corrected chi connectivity index (χ4v) is 2.02. The van der Waals surface area contributed by atoms with Crippen molar-refractivity contribution in [1.82, 2.24) is 5.32 Å². The first-order valence-corrected chi connectivity index (χ1v) is 7.06. The average molecular weight is 327 g/mol. The largest absolute Gasteiger partial charge is 0.354 e. The van der Waals surface area contributed by atoms with Crippen LogP contribution in [0.5, 0.6) is 0 Å². The van der Waals surface area contributed by atoms with Gasteiger partial charge in [0.1, 0.15) is 0 Å². The van der Waals surface area contributed by atoms with Crippen molar-refractivity contribution in [2.45, 2.75) is 27.2 Å². The lowest BCUT2D eigenvalue weighted by Gasteiger charge is -2.22. The van der Waals surface area contributed by atoms with E-state index in [1.165, 1.54) is 6.92 Å². The maximum Gasteiger partial charge on any atom is 0.223 e. The van der Waals surface area contributed by atoms with E-state index < -0.39 is 0 Å². The van der Waals surface area contributed by atoms with Gasteiger partial charge in [-0.3, -0.25) is 9.59 Å². The van der Waals surface area contributed by atoms with Gasteiger partial charge in [0, 0.05) is 36.6 Å². The summed E-state index contributed by atoms with van der Waals surface area (Å²) in [4.78, 5) is 24.5. The molecule has 0 fully saturated rings. The van der Waals surface area contributed by atoms with Crippen molar-refractivity contribution >= 4 is 33.4 Å². The van der Waals surface area contributed by atoms with Crippen LogP contribution in [0.25, 0.3) is 0 Å². The van der Waals surface area contributed by atoms with E-state index in [0.29, 0.717) is 19.5 Å². The third-order valence-corrected chi connectivity index (χ3v) is 3.68. The normalized spacial score (nSPS) is 10.1. The van der Waals surface area contributed by atoms with E-state index in [-0.39, 0.29) is 11.8 Å². The van der Waals surface area contributed by atoms with Gasteiger partial charge < -0.3 is 10.2 Å². The molecule has 1 aromatic rings. The lowest BCUT2D eigenvalue weighted by atomic mass is 10.2. The zero-order valence-corrected chi connectivity index (χ0v) is 13.1. The zero-order chi connectivity index (χ0) is 14.4. The van der Waals surface area contributed by atoms with Crippen LogP contribution in [-0.2, 0) is 9.59 Å². The van der Waals surface area contributed by atoms with Gasteiger partial charge in [-0.05, 0) is 24.6 Å². The molecule has 5 heteroatoms. The van der Waals surface area contributed by atoms with Crippen molar-refractivity contribution in [3.05, 3.63) is 28.2 Å². The van der Waals surface area contributed by atoms with Gasteiger partial charge in [-0.1, -0.05) is 28.9 Å². The highest BCUT2D eigenvalue weighted by Gasteiger charge is 2.12. The minimum atomic E-state index is -0.0403. The number of halogens is 1. The molecule has 0 aliphatic rings. The molecular weight excluding hydrogens is 308 g/mol. The monoisotopic (exact) mass is 326 g/mol.